The van der Waals surface area contributed by atoms with Gasteiger partial charge in [-0.15, -0.1) is 24.5 Å². The summed E-state index contributed by atoms with van der Waals surface area (Å²) in [6.45, 7) is 2.20. The van der Waals surface area contributed by atoms with Crippen molar-refractivity contribution >= 4 is 33.0 Å². The highest BCUT2D eigenvalue weighted by Gasteiger charge is 2.43. The number of halogens is 4. The molecule has 254 valence electrons. The molecule has 4 aromatic rings. The molecule has 0 saturated heterocycles. The zero-order valence-corrected chi connectivity index (χ0v) is 27.6. The molecule has 0 aliphatic heterocycles. The van der Waals surface area contributed by atoms with Gasteiger partial charge in [-0.25, -0.2) is 14.2 Å². The Hall–Kier alpha value is -4.17. The molecule has 2 N–H and O–H groups in total. The molecule has 0 spiro atoms. The van der Waals surface area contributed by atoms with Crippen molar-refractivity contribution < 1.29 is 45.4 Å². The Morgan fingerprint density at radius 3 is 2.31 bits per heavy atom. The summed E-state index contributed by atoms with van der Waals surface area (Å²) < 4.78 is 92.9. The zero-order valence-electron chi connectivity index (χ0n) is 25.9. The van der Waals surface area contributed by atoms with Gasteiger partial charge in [-0.1, -0.05) is 50.1 Å². The Balaban J connectivity index is 1.29. The van der Waals surface area contributed by atoms with E-state index in [1.54, 1.807) is 0 Å². The predicted octanol–water partition coefficient (Wildman–Crippen LogP) is 8.88. The lowest BCUT2D eigenvalue weighted by molar-refractivity contribution is -0.274. The minimum atomic E-state index is -4.99. The van der Waals surface area contributed by atoms with Gasteiger partial charge in [0.1, 0.15) is 22.3 Å². The SMILES string of the molecule is CCC1(c2ccc(-c3ccc(-c4nc(S(=O)(=O)Nc5cc(F)c(C(=O)O)cc5OC)cs4)cc3OC(F)(F)F)cc2)CC2CC[C@@H](C2)C1. The van der Waals surface area contributed by atoms with Crippen LogP contribution in [0.5, 0.6) is 11.5 Å². The van der Waals surface area contributed by atoms with Crippen molar-refractivity contribution in [3.63, 3.8) is 0 Å². The van der Waals surface area contributed by atoms with Crippen LogP contribution in [0.4, 0.5) is 23.2 Å². The van der Waals surface area contributed by atoms with Crippen LogP contribution >= 0.6 is 11.3 Å². The van der Waals surface area contributed by atoms with Crippen molar-refractivity contribution in [2.24, 2.45) is 11.8 Å². The van der Waals surface area contributed by atoms with E-state index in [1.165, 1.54) is 42.3 Å². The van der Waals surface area contributed by atoms with Gasteiger partial charge in [0.15, 0.2) is 5.03 Å². The highest BCUT2D eigenvalue weighted by atomic mass is 32.2. The summed E-state index contributed by atoms with van der Waals surface area (Å²) in [6, 6.07) is 13.3. The van der Waals surface area contributed by atoms with Crippen LogP contribution in [0.3, 0.4) is 0 Å². The van der Waals surface area contributed by atoms with Gasteiger partial charge in [0.05, 0.1) is 18.4 Å². The van der Waals surface area contributed by atoms with Crippen LogP contribution in [-0.4, -0.2) is 37.9 Å². The quantitative estimate of drug-likeness (QED) is 0.159. The van der Waals surface area contributed by atoms with Crippen LogP contribution in [0.15, 0.2) is 65.0 Å². The molecule has 8 nitrogen and oxygen atoms in total. The van der Waals surface area contributed by atoms with Gasteiger partial charge in [0.2, 0.25) is 0 Å². The number of carboxylic acids is 1. The highest BCUT2D eigenvalue weighted by molar-refractivity contribution is 7.92. The lowest BCUT2D eigenvalue weighted by Gasteiger charge is -2.41. The molecule has 14 heteroatoms. The van der Waals surface area contributed by atoms with Crippen LogP contribution in [0.25, 0.3) is 21.7 Å². The minimum absolute atomic E-state index is 0.0662. The van der Waals surface area contributed by atoms with E-state index in [2.05, 4.69) is 21.4 Å². The maximum absolute atomic E-state index is 14.3. The molecule has 2 aliphatic rings. The molecule has 0 amide bonds. The largest absolute Gasteiger partial charge is 0.573 e. The Morgan fingerprint density at radius 1 is 1.04 bits per heavy atom. The van der Waals surface area contributed by atoms with Crippen LogP contribution in [0.2, 0.25) is 0 Å². The van der Waals surface area contributed by atoms with Gasteiger partial charge < -0.3 is 14.6 Å². The maximum atomic E-state index is 14.3. The first-order valence-corrected chi connectivity index (χ1v) is 17.7. The molecule has 2 unspecified atom stereocenters. The van der Waals surface area contributed by atoms with Crippen molar-refractivity contribution in [3.8, 4) is 33.2 Å². The van der Waals surface area contributed by atoms with Gasteiger partial charge in [-0.05, 0) is 72.3 Å². The second-order valence-electron chi connectivity index (χ2n) is 12.4. The Bertz CT molecular complexity index is 1950. The van der Waals surface area contributed by atoms with Crippen LogP contribution < -0.4 is 14.2 Å². The fourth-order valence-electron chi connectivity index (χ4n) is 7.25. The number of methoxy groups -OCH3 is 1. The third-order valence-corrected chi connectivity index (χ3v) is 11.8. The fourth-order valence-corrected chi connectivity index (χ4v) is 9.40. The van der Waals surface area contributed by atoms with Crippen molar-refractivity contribution in [2.75, 3.05) is 11.8 Å². The smallest absolute Gasteiger partial charge is 0.495 e. The van der Waals surface area contributed by atoms with Gasteiger partial charge in [0, 0.05) is 22.6 Å². The molecule has 1 heterocycles. The number of fused-ring (bicyclic) bond motifs is 2. The molecule has 48 heavy (non-hydrogen) atoms. The molecule has 3 aromatic carbocycles. The van der Waals surface area contributed by atoms with E-state index >= 15 is 0 Å². The van der Waals surface area contributed by atoms with Gasteiger partial charge >= 0.3 is 12.3 Å². The van der Waals surface area contributed by atoms with Crippen LogP contribution in [0.1, 0.15) is 61.4 Å². The maximum Gasteiger partial charge on any atom is 0.573 e. The van der Waals surface area contributed by atoms with Gasteiger partial charge in [-0.3, -0.25) is 4.72 Å². The molecule has 0 radical (unpaired) electrons. The predicted molar refractivity (Wildman–Crippen MR) is 172 cm³/mol. The number of carboxylic acid groups (broad SMARTS) is 1. The van der Waals surface area contributed by atoms with Crippen molar-refractivity contribution in [1.29, 1.82) is 0 Å². The number of hydrogen-bond acceptors (Lipinski definition) is 7. The van der Waals surface area contributed by atoms with E-state index in [9.17, 15) is 30.8 Å². The number of hydrogen-bond donors (Lipinski definition) is 2. The second-order valence-corrected chi connectivity index (χ2v) is 14.8. The summed E-state index contributed by atoms with van der Waals surface area (Å²) in [7, 11) is -3.30. The summed E-state index contributed by atoms with van der Waals surface area (Å²) in [5, 5.41) is 9.90. The topological polar surface area (TPSA) is 115 Å². The van der Waals surface area contributed by atoms with E-state index in [0.29, 0.717) is 11.6 Å². The van der Waals surface area contributed by atoms with Crippen molar-refractivity contribution in [2.45, 2.75) is 62.3 Å². The van der Waals surface area contributed by atoms with Crippen molar-refractivity contribution in [3.05, 3.63) is 76.9 Å². The van der Waals surface area contributed by atoms with Gasteiger partial charge in [-0.2, -0.15) is 8.42 Å². The van der Waals surface area contributed by atoms with E-state index in [4.69, 9.17) is 9.84 Å². The summed E-state index contributed by atoms with van der Waals surface area (Å²) in [4.78, 5) is 15.4. The summed E-state index contributed by atoms with van der Waals surface area (Å²) in [6.07, 6.45) is 2.05. The molecule has 2 saturated carbocycles. The number of rotatable bonds is 10. The second kappa shape index (κ2) is 12.7. The number of alkyl halides is 3. The number of carbonyl (C=O) groups is 1. The lowest BCUT2D eigenvalue weighted by atomic mass is 9.64. The van der Waals surface area contributed by atoms with E-state index in [0.717, 1.165) is 61.7 Å². The number of sulfonamides is 1. The average molecular weight is 705 g/mol. The van der Waals surface area contributed by atoms with Crippen molar-refractivity contribution in [1.82, 2.24) is 4.98 Å². The first-order chi connectivity index (χ1) is 22.7. The molecule has 1 aromatic heterocycles. The number of anilines is 1. The van der Waals surface area contributed by atoms with E-state index < -0.39 is 44.5 Å². The number of ether oxygens (including phenoxy) is 2. The first-order valence-electron chi connectivity index (χ1n) is 15.3. The molecule has 2 aliphatic carbocycles. The molecule has 3 atom stereocenters. The lowest BCUT2D eigenvalue weighted by Crippen LogP contribution is -2.33. The normalized spacial score (nSPS) is 20.8. The third-order valence-electron chi connectivity index (χ3n) is 9.47. The molecule has 2 fully saturated rings. The fraction of sp³-hybridized carbons (Fsp3) is 0.353. The molecular weight excluding hydrogens is 673 g/mol. The number of thiazole rings is 1. The summed E-state index contributed by atoms with van der Waals surface area (Å²) >= 11 is 0.863. The number of nitrogens with zero attached hydrogens (tertiary/aromatic N) is 1. The molecule has 2 bridgehead atoms. The number of nitrogens with one attached hydrogen (secondary N) is 1. The standard InChI is InChI=1S/C34H32F4N2O6S2/c1-3-33(16-19-4-5-20(12-19)17-33)23-9-6-21(7-10-23)24-11-8-22(13-28(24)46-34(36,37)38)31-39-30(18-47-31)48(43,44)40-27-15-26(35)25(32(41)42)14-29(27)45-2/h6-11,13-15,18-20,40H,3-5,12,16-17H2,1-2H3,(H,41,42)/t19-,20?,33?/m0/s1. The summed E-state index contributed by atoms with van der Waals surface area (Å²) in [5.41, 5.74) is 1.10. The first kappa shape index (κ1) is 33.7. The Labute approximate surface area is 278 Å². The summed E-state index contributed by atoms with van der Waals surface area (Å²) in [5.74, 6) is -2.05. The zero-order chi connectivity index (χ0) is 34.4. The van der Waals surface area contributed by atoms with Gasteiger partial charge in [0.25, 0.3) is 10.0 Å². The van der Waals surface area contributed by atoms with Crippen LogP contribution in [0, 0.1) is 17.7 Å². The number of aromatic carboxylic acids is 1. The average Bonchev–Trinajstić information content (AvgIpc) is 3.67. The number of aromatic nitrogens is 1. The Kier molecular flexibility index (Phi) is 8.92. The third kappa shape index (κ3) is 6.73. The van der Waals surface area contributed by atoms with Crippen LogP contribution in [-0.2, 0) is 15.4 Å². The minimum Gasteiger partial charge on any atom is -0.495 e. The monoisotopic (exact) mass is 704 g/mol. The highest BCUT2D eigenvalue weighted by Crippen LogP contribution is 2.53. The molecular formula is C34H32F4N2O6S2. The molecule has 6 rings (SSSR count). The Morgan fingerprint density at radius 2 is 1.71 bits per heavy atom. The van der Waals surface area contributed by atoms with E-state index in [-0.39, 0.29) is 33.0 Å². The number of benzene rings is 3. The van der Waals surface area contributed by atoms with E-state index in [1.807, 2.05) is 24.3 Å².